The molecule has 6 heteroatoms. The van der Waals surface area contributed by atoms with Crippen LogP contribution in [0.3, 0.4) is 0 Å². The topological polar surface area (TPSA) is 6.48 Å². The molecule has 4 aliphatic rings. The van der Waals surface area contributed by atoms with Crippen molar-refractivity contribution in [3.63, 3.8) is 0 Å². The Morgan fingerprint density at radius 1 is 0.578 bits per heavy atom. The Morgan fingerprint density at radius 2 is 0.956 bits per heavy atom. The third-order valence-corrected chi connectivity index (χ3v) is 15.1. The van der Waals surface area contributed by atoms with E-state index in [-0.39, 0.29) is 23.1 Å². The van der Waals surface area contributed by atoms with Gasteiger partial charge in [-0.2, -0.15) is 0 Å². The second-order valence-corrected chi connectivity index (χ2v) is 20.1. The van der Waals surface area contributed by atoms with Gasteiger partial charge in [-0.05, 0) is 126 Å². The number of rotatable bonds is 5. The Hall–Kier alpha value is -0.587. The predicted octanol–water partition coefficient (Wildman–Crippen LogP) is 12.5. The molecular formula is C39H57Cl2N2PRu. The third kappa shape index (κ3) is 8.18. The number of allylic oxidation sites excluding steroid dienone is 1. The molecule has 1 atom stereocenters. The Labute approximate surface area is 292 Å². The Bertz CT molecular complexity index is 1200. The maximum atomic E-state index is 4.85. The molecular weight excluding hydrogens is 699 g/mol. The van der Waals surface area contributed by atoms with Crippen LogP contribution in [-0.4, -0.2) is 30.1 Å². The van der Waals surface area contributed by atoms with Crippen LogP contribution < -0.4 is 9.80 Å². The van der Waals surface area contributed by atoms with E-state index < -0.39 is 0 Å². The summed E-state index contributed by atoms with van der Waals surface area (Å²) in [4.78, 5) is 5.62. The van der Waals surface area contributed by atoms with Crippen molar-refractivity contribution in [3.8, 4) is 0 Å². The SMILES string of the molecule is Cc1cc(C)c(N2CCN(c3c(C)cc(C)cc3C)C2=C2CCCCC2P(C2CCCCC2)C2CCCCC2)c(C)c1.[Cl][Ru][Cl]. The quantitative estimate of drug-likeness (QED) is 0.221. The first-order valence-corrected chi connectivity index (χ1v) is 23.8. The summed E-state index contributed by atoms with van der Waals surface area (Å²) in [5.74, 6) is 1.60. The van der Waals surface area contributed by atoms with E-state index in [1.165, 1.54) is 135 Å². The Kier molecular flexibility index (Phi) is 13.2. The zero-order valence-corrected chi connectivity index (χ0v) is 33.0. The van der Waals surface area contributed by atoms with Crippen molar-refractivity contribution < 1.29 is 15.1 Å². The van der Waals surface area contributed by atoms with Crippen molar-refractivity contribution in [2.24, 2.45) is 0 Å². The van der Waals surface area contributed by atoms with Crippen molar-refractivity contribution >= 4 is 38.7 Å². The molecule has 0 amide bonds. The summed E-state index contributed by atoms with van der Waals surface area (Å²) in [6, 6.07) is 9.69. The summed E-state index contributed by atoms with van der Waals surface area (Å²) >= 11 is -0.346. The average molecular weight is 757 g/mol. The molecule has 3 aliphatic carbocycles. The fraction of sp³-hybridized carbons (Fsp3) is 0.641. The number of benzene rings is 2. The fourth-order valence-electron chi connectivity index (χ4n) is 9.69. The molecule has 0 bridgehead atoms. The molecule has 45 heavy (non-hydrogen) atoms. The first kappa shape index (κ1) is 35.7. The second-order valence-electron chi connectivity index (χ2n) is 14.5. The van der Waals surface area contributed by atoms with Crippen LogP contribution in [0.15, 0.2) is 35.7 Å². The van der Waals surface area contributed by atoms with Gasteiger partial charge in [-0.15, -0.1) is 0 Å². The van der Waals surface area contributed by atoms with Gasteiger partial charge in [-0.25, -0.2) is 0 Å². The number of hydrogen-bond acceptors (Lipinski definition) is 2. The predicted molar refractivity (Wildman–Crippen MR) is 198 cm³/mol. The summed E-state index contributed by atoms with van der Waals surface area (Å²) in [6.45, 7) is 16.1. The van der Waals surface area contributed by atoms with Crippen LogP contribution in [0.2, 0.25) is 0 Å². The van der Waals surface area contributed by atoms with E-state index in [4.69, 9.17) is 19.4 Å². The van der Waals surface area contributed by atoms with Crippen LogP contribution in [0, 0.1) is 41.5 Å². The fourth-order valence-corrected chi connectivity index (χ4v) is 14.3. The van der Waals surface area contributed by atoms with Gasteiger partial charge in [-0.3, -0.25) is 0 Å². The van der Waals surface area contributed by atoms with Gasteiger partial charge in [0.15, 0.2) is 0 Å². The van der Waals surface area contributed by atoms with E-state index in [1.807, 2.05) is 5.57 Å². The summed E-state index contributed by atoms with van der Waals surface area (Å²) < 4.78 is 0. The number of hydrogen-bond donors (Lipinski definition) is 0. The molecule has 1 heterocycles. The molecule has 0 radical (unpaired) electrons. The van der Waals surface area contributed by atoms with Crippen LogP contribution >= 0.6 is 27.3 Å². The molecule has 2 aromatic carbocycles. The van der Waals surface area contributed by atoms with Gasteiger partial charge in [0, 0.05) is 30.1 Å². The van der Waals surface area contributed by atoms with Crippen LogP contribution in [-0.2, 0) is 15.1 Å². The number of anilines is 2. The molecule has 0 spiro atoms. The molecule has 3 saturated carbocycles. The van der Waals surface area contributed by atoms with Crippen LogP contribution in [0.25, 0.3) is 0 Å². The van der Waals surface area contributed by atoms with E-state index >= 15 is 0 Å². The Balaban J connectivity index is 0.00000128. The van der Waals surface area contributed by atoms with Gasteiger partial charge >= 0.3 is 34.5 Å². The van der Waals surface area contributed by atoms with Gasteiger partial charge in [0.05, 0.1) is 0 Å². The molecule has 1 aliphatic heterocycles. The maximum absolute atomic E-state index is 4.85. The van der Waals surface area contributed by atoms with Gasteiger partial charge in [0.2, 0.25) is 0 Å². The van der Waals surface area contributed by atoms with Gasteiger partial charge in [0.25, 0.3) is 0 Å². The van der Waals surface area contributed by atoms with Gasteiger partial charge < -0.3 is 9.80 Å². The van der Waals surface area contributed by atoms with Crippen molar-refractivity contribution in [1.82, 2.24) is 0 Å². The molecule has 2 aromatic rings. The summed E-state index contributed by atoms with van der Waals surface area (Å²) in [6.07, 6.45) is 20.5. The van der Waals surface area contributed by atoms with E-state index in [1.54, 1.807) is 5.82 Å². The minimum atomic E-state index is -0.346. The second kappa shape index (κ2) is 16.7. The first-order chi connectivity index (χ1) is 21.7. The first-order valence-electron chi connectivity index (χ1n) is 17.8. The van der Waals surface area contributed by atoms with Crippen molar-refractivity contribution in [1.29, 1.82) is 0 Å². The summed E-state index contributed by atoms with van der Waals surface area (Å²) in [5.41, 5.74) is 16.2. The number of halogens is 2. The summed E-state index contributed by atoms with van der Waals surface area (Å²) in [7, 11) is 9.71. The third-order valence-electron chi connectivity index (χ3n) is 11.1. The van der Waals surface area contributed by atoms with Crippen molar-refractivity contribution in [2.45, 2.75) is 148 Å². The minimum absolute atomic E-state index is 0.00137. The molecule has 2 nitrogen and oxygen atoms in total. The van der Waals surface area contributed by atoms with Crippen molar-refractivity contribution in [3.05, 3.63) is 69.0 Å². The number of aryl methyl sites for hydroxylation is 6. The number of nitrogens with zero attached hydrogens (tertiary/aromatic N) is 2. The van der Waals surface area contributed by atoms with Gasteiger partial charge in [0.1, 0.15) is 5.82 Å². The van der Waals surface area contributed by atoms with Crippen LogP contribution in [0.1, 0.15) is 123 Å². The molecule has 0 aromatic heterocycles. The Morgan fingerprint density at radius 3 is 1.36 bits per heavy atom. The zero-order valence-electron chi connectivity index (χ0n) is 28.8. The van der Waals surface area contributed by atoms with E-state index in [2.05, 4.69) is 75.6 Å². The molecule has 250 valence electrons. The molecule has 4 fully saturated rings. The standard InChI is InChI=1S/C39H57N2P.2ClH.Ru/c1-27-23-29(3)37(30(4)24-27)40-21-22-41(38-31(5)25-28(2)26-32(38)6)39(40)35-19-13-14-20-36(35)42(33-15-9-7-10-16-33)34-17-11-8-12-18-34;;;/h23-26,33-34,36H,7-22H2,1-6H3;2*1H;/q;;;+2/p-2. The average Bonchev–Trinajstić information content (AvgIpc) is 3.42. The van der Waals surface area contributed by atoms with Gasteiger partial charge in [-0.1, -0.05) is 88.3 Å². The molecule has 6 rings (SSSR count). The van der Waals surface area contributed by atoms with E-state index in [0.717, 1.165) is 30.1 Å². The zero-order chi connectivity index (χ0) is 32.1. The van der Waals surface area contributed by atoms with E-state index in [9.17, 15) is 0 Å². The van der Waals surface area contributed by atoms with Crippen LogP contribution in [0.4, 0.5) is 11.4 Å². The normalized spacial score (nSPS) is 21.9. The summed E-state index contributed by atoms with van der Waals surface area (Å²) in [5, 5.41) is 0. The van der Waals surface area contributed by atoms with E-state index in [0.29, 0.717) is 0 Å². The monoisotopic (exact) mass is 756 g/mol. The van der Waals surface area contributed by atoms with Crippen molar-refractivity contribution in [2.75, 3.05) is 22.9 Å². The molecule has 1 saturated heterocycles. The molecule has 1 unspecified atom stereocenters. The van der Waals surface area contributed by atoms with Crippen LogP contribution in [0.5, 0.6) is 0 Å². The molecule has 0 N–H and O–H groups in total.